The number of benzene rings is 1. The number of rotatable bonds is 3. The summed E-state index contributed by atoms with van der Waals surface area (Å²) >= 11 is 7.67. The molecule has 0 atom stereocenters. The Labute approximate surface area is 114 Å². The normalized spacial score (nSPS) is 10.7. The van der Waals surface area contributed by atoms with Crippen LogP contribution in [0.4, 0.5) is 0 Å². The van der Waals surface area contributed by atoms with E-state index in [4.69, 9.17) is 11.6 Å². The summed E-state index contributed by atoms with van der Waals surface area (Å²) in [6.07, 6.45) is 2.00. The first kappa shape index (κ1) is 11.5. The molecule has 0 spiro atoms. The zero-order chi connectivity index (χ0) is 12.4. The number of aromatic nitrogens is 2. The van der Waals surface area contributed by atoms with Crippen LogP contribution in [0, 0.1) is 0 Å². The molecule has 3 rings (SSSR count). The maximum Gasteiger partial charge on any atom is 0.102 e. The van der Waals surface area contributed by atoms with Crippen LogP contribution in [0.3, 0.4) is 0 Å². The summed E-state index contributed by atoms with van der Waals surface area (Å²) in [5.41, 5.74) is 2.18. The van der Waals surface area contributed by atoms with Crippen molar-refractivity contribution < 1.29 is 0 Å². The number of hydrogen-bond acceptors (Lipinski definition) is 2. The molecular formula is C14H11ClN2S. The van der Waals surface area contributed by atoms with Gasteiger partial charge < -0.3 is 0 Å². The lowest BCUT2D eigenvalue weighted by molar-refractivity contribution is 0.689. The van der Waals surface area contributed by atoms with Crippen LogP contribution in [0.2, 0.25) is 5.02 Å². The lowest BCUT2D eigenvalue weighted by Gasteiger charge is -2.02. The zero-order valence-corrected chi connectivity index (χ0v) is 11.2. The Balaban J connectivity index is 1.82. The van der Waals surface area contributed by atoms with Crippen molar-refractivity contribution in [3.05, 3.63) is 64.6 Å². The fraction of sp³-hybridized carbons (Fsp3) is 0.0714. The predicted octanol–water partition coefficient (Wildman–Crippen LogP) is 4.31. The van der Waals surface area contributed by atoms with Crippen LogP contribution in [0.5, 0.6) is 0 Å². The molecule has 0 aliphatic rings. The highest BCUT2D eigenvalue weighted by atomic mass is 35.5. The van der Waals surface area contributed by atoms with Gasteiger partial charge in [0.25, 0.3) is 0 Å². The van der Waals surface area contributed by atoms with Gasteiger partial charge in [-0.25, -0.2) is 0 Å². The Morgan fingerprint density at radius 3 is 2.89 bits per heavy atom. The van der Waals surface area contributed by atoms with Crippen LogP contribution in [0.1, 0.15) is 5.56 Å². The highest BCUT2D eigenvalue weighted by molar-refractivity contribution is 7.13. The molecule has 1 aromatic carbocycles. The molecule has 90 valence electrons. The van der Waals surface area contributed by atoms with Crippen molar-refractivity contribution in [1.82, 2.24) is 9.78 Å². The monoisotopic (exact) mass is 274 g/mol. The summed E-state index contributed by atoms with van der Waals surface area (Å²) in [4.78, 5) is 1.19. The molecular weight excluding hydrogens is 264 g/mol. The minimum Gasteiger partial charge on any atom is -0.268 e. The third-order valence-electron chi connectivity index (χ3n) is 2.65. The number of thiophene rings is 1. The smallest absolute Gasteiger partial charge is 0.102 e. The molecule has 0 amide bonds. The van der Waals surface area contributed by atoms with Crippen LogP contribution < -0.4 is 0 Å². The predicted molar refractivity (Wildman–Crippen MR) is 76.1 cm³/mol. The van der Waals surface area contributed by atoms with Crippen LogP contribution in [-0.2, 0) is 6.54 Å². The van der Waals surface area contributed by atoms with E-state index in [1.165, 1.54) is 4.88 Å². The molecule has 0 bridgehead atoms. The fourth-order valence-electron chi connectivity index (χ4n) is 1.83. The van der Waals surface area contributed by atoms with E-state index < -0.39 is 0 Å². The van der Waals surface area contributed by atoms with E-state index in [1.807, 2.05) is 41.2 Å². The molecule has 0 fully saturated rings. The third kappa shape index (κ3) is 2.47. The largest absolute Gasteiger partial charge is 0.268 e. The quantitative estimate of drug-likeness (QED) is 0.696. The molecule has 0 aliphatic carbocycles. The summed E-state index contributed by atoms with van der Waals surface area (Å²) < 4.78 is 1.93. The van der Waals surface area contributed by atoms with Gasteiger partial charge in [0.1, 0.15) is 5.69 Å². The van der Waals surface area contributed by atoms with E-state index in [1.54, 1.807) is 11.3 Å². The van der Waals surface area contributed by atoms with Gasteiger partial charge in [-0.2, -0.15) is 5.10 Å². The first-order chi connectivity index (χ1) is 8.81. The molecule has 3 aromatic rings. The molecule has 0 radical (unpaired) electrons. The Bertz CT molecular complexity index is 643. The second-order valence-electron chi connectivity index (χ2n) is 4.01. The van der Waals surface area contributed by atoms with Gasteiger partial charge in [0.05, 0.1) is 11.4 Å². The number of nitrogens with zero attached hydrogens (tertiary/aromatic N) is 2. The maximum absolute atomic E-state index is 5.97. The van der Waals surface area contributed by atoms with Gasteiger partial charge in [-0.1, -0.05) is 29.8 Å². The standard InChI is InChI=1S/C14H11ClN2S/c15-12-4-1-3-11(9-12)10-17-7-6-13(16-17)14-5-2-8-18-14/h1-9H,10H2. The van der Waals surface area contributed by atoms with Crippen LogP contribution in [0.25, 0.3) is 10.6 Å². The summed E-state index contributed by atoms with van der Waals surface area (Å²) in [5.74, 6) is 0. The summed E-state index contributed by atoms with van der Waals surface area (Å²) in [5, 5.41) is 7.38. The summed E-state index contributed by atoms with van der Waals surface area (Å²) in [7, 11) is 0. The number of hydrogen-bond donors (Lipinski definition) is 0. The Kier molecular flexibility index (Phi) is 3.17. The molecule has 2 aromatic heterocycles. The molecule has 4 heteroatoms. The summed E-state index contributed by atoms with van der Waals surface area (Å²) in [6, 6.07) is 14.0. The second kappa shape index (κ2) is 4.96. The van der Waals surface area contributed by atoms with Crippen molar-refractivity contribution in [2.75, 3.05) is 0 Å². The third-order valence-corrected chi connectivity index (χ3v) is 3.78. The van der Waals surface area contributed by atoms with Crippen molar-refractivity contribution in [2.24, 2.45) is 0 Å². The molecule has 0 aliphatic heterocycles. The zero-order valence-electron chi connectivity index (χ0n) is 9.58. The molecule has 0 saturated carbocycles. The van der Waals surface area contributed by atoms with E-state index in [0.717, 1.165) is 22.8 Å². The molecule has 2 heterocycles. The van der Waals surface area contributed by atoms with Gasteiger partial charge in [0.2, 0.25) is 0 Å². The van der Waals surface area contributed by atoms with Gasteiger partial charge in [-0.15, -0.1) is 11.3 Å². The fourth-order valence-corrected chi connectivity index (χ4v) is 2.73. The number of halogens is 1. The van der Waals surface area contributed by atoms with Crippen LogP contribution in [0.15, 0.2) is 54.0 Å². The first-order valence-electron chi connectivity index (χ1n) is 5.63. The van der Waals surface area contributed by atoms with E-state index in [9.17, 15) is 0 Å². The average molecular weight is 275 g/mol. The van der Waals surface area contributed by atoms with Gasteiger partial charge in [0, 0.05) is 11.2 Å². The maximum atomic E-state index is 5.97. The Hall–Kier alpha value is -1.58. The average Bonchev–Trinajstić information content (AvgIpc) is 2.98. The van der Waals surface area contributed by atoms with Crippen molar-refractivity contribution in [2.45, 2.75) is 6.54 Å². The molecule has 0 N–H and O–H groups in total. The highest BCUT2D eigenvalue weighted by Gasteiger charge is 2.03. The van der Waals surface area contributed by atoms with Gasteiger partial charge in [-0.3, -0.25) is 4.68 Å². The van der Waals surface area contributed by atoms with E-state index >= 15 is 0 Å². The second-order valence-corrected chi connectivity index (χ2v) is 5.39. The SMILES string of the molecule is Clc1cccc(Cn2ccc(-c3cccs3)n2)c1. The van der Waals surface area contributed by atoms with E-state index in [0.29, 0.717) is 0 Å². The van der Waals surface area contributed by atoms with Crippen LogP contribution >= 0.6 is 22.9 Å². The van der Waals surface area contributed by atoms with Crippen molar-refractivity contribution in [3.63, 3.8) is 0 Å². The lowest BCUT2D eigenvalue weighted by atomic mass is 10.2. The van der Waals surface area contributed by atoms with E-state index in [-0.39, 0.29) is 0 Å². The Morgan fingerprint density at radius 1 is 1.17 bits per heavy atom. The van der Waals surface area contributed by atoms with E-state index in [2.05, 4.69) is 22.6 Å². The Morgan fingerprint density at radius 2 is 2.11 bits per heavy atom. The van der Waals surface area contributed by atoms with Gasteiger partial charge in [0.15, 0.2) is 0 Å². The van der Waals surface area contributed by atoms with Crippen LogP contribution in [-0.4, -0.2) is 9.78 Å². The highest BCUT2D eigenvalue weighted by Crippen LogP contribution is 2.22. The first-order valence-corrected chi connectivity index (χ1v) is 6.89. The van der Waals surface area contributed by atoms with Gasteiger partial charge >= 0.3 is 0 Å². The molecule has 0 unspecified atom stereocenters. The van der Waals surface area contributed by atoms with Crippen molar-refractivity contribution in [3.8, 4) is 10.6 Å². The minimum absolute atomic E-state index is 0.742. The topological polar surface area (TPSA) is 17.8 Å². The minimum atomic E-state index is 0.742. The lowest BCUT2D eigenvalue weighted by Crippen LogP contribution is -2.00. The van der Waals surface area contributed by atoms with Crippen molar-refractivity contribution in [1.29, 1.82) is 0 Å². The molecule has 18 heavy (non-hydrogen) atoms. The molecule has 2 nitrogen and oxygen atoms in total. The van der Waals surface area contributed by atoms with Crippen molar-refractivity contribution >= 4 is 22.9 Å². The molecule has 0 saturated heterocycles. The summed E-state index contributed by atoms with van der Waals surface area (Å²) in [6.45, 7) is 0.742. The van der Waals surface area contributed by atoms with Gasteiger partial charge in [-0.05, 0) is 35.2 Å².